The Labute approximate surface area is 140 Å². The number of carbonyl (C=O) groups is 1. The molecule has 24 heavy (non-hydrogen) atoms. The van der Waals surface area contributed by atoms with Gasteiger partial charge in [0, 0.05) is 22.0 Å². The lowest BCUT2D eigenvalue weighted by Gasteiger charge is -2.08. The van der Waals surface area contributed by atoms with Crippen molar-refractivity contribution in [2.75, 3.05) is 7.11 Å². The van der Waals surface area contributed by atoms with Gasteiger partial charge in [0.25, 0.3) is 0 Å². The zero-order valence-corrected chi connectivity index (χ0v) is 14.0. The Hall–Kier alpha value is -2.62. The van der Waals surface area contributed by atoms with Crippen molar-refractivity contribution < 1.29 is 13.9 Å². The van der Waals surface area contributed by atoms with Crippen LogP contribution in [0.15, 0.2) is 36.4 Å². The molecular weight excluding hydrogens is 305 g/mol. The van der Waals surface area contributed by atoms with Crippen molar-refractivity contribution in [2.24, 2.45) is 0 Å². The minimum absolute atomic E-state index is 0.182. The van der Waals surface area contributed by atoms with Crippen LogP contribution in [0.3, 0.4) is 0 Å². The molecule has 3 aromatic rings. The lowest BCUT2D eigenvalue weighted by atomic mass is 9.96. The van der Waals surface area contributed by atoms with Crippen LogP contribution in [0.5, 0.6) is 5.75 Å². The van der Waals surface area contributed by atoms with E-state index < -0.39 is 5.82 Å². The van der Waals surface area contributed by atoms with Crippen molar-refractivity contribution in [3.63, 3.8) is 0 Å². The van der Waals surface area contributed by atoms with Gasteiger partial charge < -0.3 is 9.72 Å². The number of aromatic amines is 1. The van der Waals surface area contributed by atoms with Gasteiger partial charge in [-0.25, -0.2) is 4.39 Å². The highest BCUT2D eigenvalue weighted by molar-refractivity contribution is 6.04. The highest BCUT2D eigenvalue weighted by atomic mass is 19.1. The van der Waals surface area contributed by atoms with Crippen molar-refractivity contribution >= 4 is 17.2 Å². The largest absolute Gasteiger partial charge is 0.494 e. The van der Waals surface area contributed by atoms with Gasteiger partial charge in [-0.15, -0.1) is 0 Å². The van der Waals surface area contributed by atoms with Gasteiger partial charge >= 0.3 is 0 Å². The number of hydrogen-bond donors (Lipinski definition) is 1. The summed E-state index contributed by atoms with van der Waals surface area (Å²) in [5.74, 6) is 0.151. The van der Waals surface area contributed by atoms with E-state index in [0.29, 0.717) is 22.7 Å². The quantitative estimate of drug-likeness (QED) is 0.646. The number of H-pyrrole nitrogens is 1. The summed E-state index contributed by atoms with van der Waals surface area (Å²) in [6, 6.07) is 10.8. The lowest BCUT2D eigenvalue weighted by molar-refractivity contribution is 0.112. The second kappa shape index (κ2) is 6.48. The lowest BCUT2D eigenvalue weighted by Crippen LogP contribution is -1.91. The van der Waals surface area contributed by atoms with Crippen molar-refractivity contribution in [3.8, 4) is 17.0 Å². The van der Waals surface area contributed by atoms with Gasteiger partial charge in [-0.3, -0.25) is 4.79 Å². The molecule has 0 saturated carbocycles. The summed E-state index contributed by atoms with van der Waals surface area (Å²) in [5, 5.41) is 0.869. The number of halogens is 1. The fourth-order valence-corrected chi connectivity index (χ4v) is 2.94. The van der Waals surface area contributed by atoms with Crippen LogP contribution in [0.1, 0.15) is 42.1 Å². The van der Waals surface area contributed by atoms with Crippen LogP contribution in [-0.2, 0) is 0 Å². The fourth-order valence-electron chi connectivity index (χ4n) is 2.94. The van der Waals surface area contributed by atoms with Gasteiger partial charge in [-0.2, -0.15) is 0 Å². The molecule has 0 aliphatic carbocycles. The summed E-state index contributed by atoms with van der Waals surface area (Å²) in [5.41, 5.74) is 3.87. The van der Waals surface area contributed by atoms with Crippen LogP contribution in [0.25, 0.3) is 22.2 Å². The molecule has 3 nitrogen and oxygen atoms in total. The van der Waals surface area contributed by atoms with Crippen molar-refractivity contribution in [2.45, 2.75) is 26.2 Å². The number of ether oxygens (including phenoxy) is 1. The number of hydrogen-bond acceptors (Lipinski definition) is 2. The molecule has 1 aromatic heterocycles. The second-order valence-electron chi connectivity index (χ2n) is 6.00. The highest BCUT2D eigenvalue weighted by Gasteiger charge is 2.16. The number of methoxy groups -OCH3 is 1. The van der Waals surface area contributed by atoms with E-state index in [1.807, 2.05) is 12.1 Å². The van der Waals surface area contributed by atoms with Crippen LogP contribution in [0.2, 0.25) is 0 Å². The van der Waals surface area contributed by atoms with Gasteiger partial charge in [0.15, 0.2) is 17.9 Å². The van der Waals surface area contributed by atoms with Crippen LogP contribution in [-0.4, -0.2) is 18.4 Å². The predicted molar refractivity (Wildman–Crippen MR) is 94.3 cm³/mol. The number of nitrogens with one attached hydrogen (secondary N) is 1. The molecule has 2 aromatic carbocycles. The van der Waals surface area contributed by atoms with E-state index in [2.05, 4.69) is 24.9 Å². The van der Waals surface area contributed by atoms with E-state index in [9.17, 15) is 9.18 Å². The Kier molecular flexibility index (Phi) is 4.38. The van der Waals surface area contributed by atoms with Crippen molar-refractivity contribution in [1.29, 1.82) is 0 Å². The number of fused-ring (bicyclic) bond motifs is 1. The van der Waals surface area contributed by atoms with Crippen molar-refractivity contribution in [3.05, 3.63) is 53.3 Å². The number of aldehydes is 1. The minimum Gasteiger partial charge on any atom is -0.494 e. The normalized spacial score (nSPS) is 12.3. The maximum Gasteiger partial charge on any atom is 0.165 e. The smallest absolute Gasteiger partial charge is 0.165 e. The van der Waals surface area contributed by atoms with Crippen LogP contribution >= 0.6 is 0 Å². The number of rotatable bonds is 5. The summed E-state index contributed by atoms with van der Waals surface area (Å²) in [4.78, 5) is 14.9. The van der Waals surface area contributed by atoms with E-state index in [4.69, 9.17) is 4.74 Å². The molecule has 1 unspecified atom stereocenters. The third-order valence-electron chi connectivity index (χ3n) is 4.60. The topological polar surface area (TPSA) is 42.1 Å². The standard InChI is InChI=1S/C20H20FNO2/c1-4-12(2)13-5-7-18-15(9-13)16(11-23)20(22-18)14-6-8-19(24-3)17(21)10-14/h5-12,22H,4H2,1-3H3. The van der Waals surface area contributed by atoms with Gasteiger partial charge in [-0.1, -0.05) is 19.9 Å². The third kappa shape index (κ3) is 2.68. The maximum absolute atomic E-state index is 14.0. The number of aromatic nitrogens is 1. The Morgan fingerprint density at radius 1 is 1.25 bits per heavy atom. The molecule has 4 heteroatoms. The predicted octanol–water partition coefficient (Wildman–Crippen LogP) is 5.31. The zero-order valence-electron chi connectivity index (χ0n) is 14.0. The molecule has 0 bridgehead atoms. The van der Waals surface area contributed by atoms with Gasteiger partial charge in [0.05, 0.1) is 12.8 Å². The molecule has 0 aliphatic heterocycles. The molecule has 1 heterocycles. The Morgan fingerprint density at radius 3 is 2.67 bits per heavy atom. The minimum atomic E-state index is -0.453. The number of carbonyl (C=O) groups excluding carboxylic acids is 1. The summed E-state index contributed by atoms with van der Waals surface area (Å²) >= 11 is 0. The molecule has 0 fully saturated rings. The Balaban J connectivity index is 2.18. The first-order valence-electron chi connectivity index (χ1n) is 8.03. The second-order valence-corrected chi connectivity index (χ2v) is 6.00. The first-order valence-corrected chi connectivity index (χ1v) is 8.03. The van der Waals surface area contributed by atoms with Crippen molar-refractivity contribution in [1.82, 2.24) is 4.98 Å². The molecule has 0 saturated heterocycles. The average Bonchev–Trinajstić information content (AvgIpc) is 2.98. The number of benzene rings is 2. The maximum atomic E-state index is 14.0. The molecule has 1 atom stereocenters. The van der Waals surface area contributed by atoms with Gasteiger partial charge in [-0.05, 0) is 48.2 Å². The zero-order chi connectivity index (χ0) is 17.3. The Bertz CT molecular complexity index is 898. The first-order chi connectivity index (χ1) is 11.6. The van der Waals surface area contributed by atoms with E-state index >= 15 is 0 Å². The monoisotopic (exact) mass is 325 g/mol. The van der Waals surface area contributed by atoms with E-state index in [1.165, 1.54) is 18.7 Å². The van der Waals surface area contributed by atoms with Crippen LogP contribution in [0.4, 0.5) is 4.39 Å². The fraction of sp³-hybridized carbons (Fsp3) is 0.250. The van der Waals surface area contributed by atoms with E-state index in [0.717, 1.165) is 23.6 Å². The molecule has 0 radical (unpaired) electrons. The molecule has 0 aliphatic rings. The Morgan fingerprint density at radius 2 is 2.04 bits per heavy atom. The summed E-state index contributed by atoms with van der Waals surface area (Å²) in [7, 11) is 1.42. The van der Waals surface area contributed by atoms with Crippen LogP contribution in [0, 0.1) is 5.82 Å². The SMILES string of the molecule is CCC(C)c1ccc2[nH]c(-c3ccc(OC)c(F)c3)c(C=O)c2c1. The summed E-state index contributed by atoms with van der Waals surface area (Å²) in [6.07, 6.45) is 1.86. The first kappa shape index (κ1) is 16.2. The van der Waals surface area contributed by atoms with E-state index in [1.54, 1.807) is 12.1 Å². The molecule has 1 N–H and O–H groups in total. The average molecular weight is 325 g/mol. The van der Waals surface area contributed by atoms with Crippen LogP contribution < -0.4 is 4.74 Å². The summed E-state index contributed by atoms with van der Waals surface area (Å²) in [6.45, 7) is 4.30. The molecular formula is C20H20FNO2. The molecule has 3 rings (SSSR count). The van der Waals surface area contributed by atoms with Gasteiger partial charge in [0.1, 0.15) is 0 Å². The summed E-state index contributed by atoms with van der Waals surface area (Å²) < 4.78 is 19.0. The highest BCUT2D eigenvalue weighted by Crippen LogP contribution is 2.33. The molecule has 0 spiro atoms. The van der Waals surface area contributed by atoms with Gasteiger partial charge in [0.2, 0.25) is 0 Å². The van der Waals surface area contributed by atoms with E-state index in [-0.39, 0.29) is 5.75 Å². The third-order valence-corrected chi connectivity index (χ3v) is 4.60. The molecule has 124 valence electrons. The molecule has 0 amide bonds.